The Labute approximate surface area is 115 Å². The maximum Gasteiger partial charge on any atom is 0.391 e. The average molecular weight is 277 g/mol. The minimum Gasteiger partial charge on any atom is -0.317 e. The first-order valence-corrected chi connectivity index (χ1v) is 6.70. The molecule has 1 saturated heterocycles. The summed E-state index contributed by atoms with van der Waals surface area (Å²) in [5, 5.41) is 2.89. The second-order valence-corrected chi connectivity index (χ2v) is 3.71. The van der Waals surface area contributed by atoms with Gasteiger partial charge in [-0.25, -0.2) is 0 Å². The highest BCUT2D eigenvalue weighted by molar-refractivity contribution is 5.07. The van der Waals surface area contributed by atoms with Gasteiger partial charge in [0, 0.05) is 0 Å². The van der Waals surface area contributed by atoms with Crippen LogP contribution in [-0.2, 0) is 0 Å². The molecule has 1 fully saturated rings. The molecular weight excluding hydrogens is 251 g/mol. The Morgan fingerprint density at radius 2 is 1.58 bits per heavy atom. The van der Waals surface area contributed by atoms with Gasteiger partial charge in [0.2, 0.25) is 0 Å². The van der Waals surface area contributed by atoms with Crippen molar-refractivity contribution in [1.29, 1.82) is 0 Å². The normalized spacial score (nSPS) is 16.5. The molecule has 112 valence electrons. The molecule has 0 aromatic heterocycles. The number of hydrogen-bond acceptors (Lipinski definition) is 1. The van der Waals surface area contributed by atoms with E-state index in [1.54, 1.807) is 6.08 Å². The summed E-state index contributed by atoms with van der Waals surface area (Å²) in [6, 6.07) is 0. The molecule has 1 heterocycles. The summed E-state index contributed by atoms with van der Waals surface area (Å²) in [7, 11) is 0. The van der Waals surface area contributed by atoms with E-state index in [1.165, 1.54) is 0 Å². The number of piperidine rings is 1. The molecule has 1 N–H and O–H groups in total. The molecule has 0 saturated carbocycles. The summed E-state index contributed by atoms with van der Waals surface area (Å²) in [6.07, 6.45) is 6.02. The predicted molar refractivity (Wildman–Crippen MR) is 77.1 cm³/mol. The lowest BCUT2D eigenvalue weighted by atomic mass is 9.98. The second-order valence-electron chi connectivity index (χ2n) is 3.71. The molecule has 1 rings (SSSR count). The molecule has 0 bridgehead atoms. The van der Waals surface area contributed by atoms with Gasteiger partial charge in [0.15, 0.2) is 0 Å². The minimum atomic E-state index is -3.97. The zero-order chi connectivity index (χ0) is 15.1. The highest BCUT2D eigenvalue weighted by Gasteiger charge is 2.39. The lowest BCUT2D eigenvalue weighted by Crippen LogP contribution is -2.35. The summed E-state index contributed by atoms with van der Waals surface area (Å²) in [4.78, 5) is 0. The molecule has 0 aromatic carbocycles. The Morgan fingerprint density at radius 3 is 1.89 bits per heavy atom. The highest BCUT2D eigenvalue weighted by Crippen LogP contribution is 2.31. The van der Waals surface area contributed by atoms with Crippen molar-refractivity contribution in [2.24, 2.45) is 5.92 Å². The van der Waals surface area contributed by atoms with E-state index in [-0.39, 0.29) is 12.8 Å². The van der Waals surface area contributed by atoms with Crippen LogP contribution in [-0.4, -0.2) is 19.3 Å². The Kier molecular flexibility index (Phi) is 14.3. The van der Waals surface area contributed by atoms with Gasteiger partial charge in [0.05, 0.1) is 5.92 Å². The highest BCUT2D eigenvalue weighted by atomic mass is 19.4. The zero-order valence-electron chi connectivity index (χ0n) is 12.1. The van der Waals surface area contributed by atoms with E-state index >= 15 is 0 Å². The van der Waals surface area contributed by atoms with Crippen molar-refractivity contribution in [1.82, 2.24) is 5.32 Å². The maximum absolute atomic E-state index is 11.9. The maximum atomic E-state index is 11.9. The monoisotopic (exact) mass is 277 g/mol. The molecule has 1 aliphatic rings. The molecule has 0 radical (unpaired) electrons. The van der Waals surface area contributed by atoms with E-state index in [2.05, 4.69) is 11.9 Å². The average Bonchev–Trinajstić information content (AvgIpc) is 2.42. The molecule has 0 atom stereocenters. The fraction of sp³-hybridized carbons (Fsp3) is 0.600. The largest absolute Gasteiger partial charge is 0.391 e. The van der Waals surface area contributed by atoms with Crippen molar-refractivity contribution in [2.75, 3.05) is 13.1 Å². The minimum absolute atomic E-state index is 0.240. The van der Waals surface area contributed by atoms with Crippen molar-refractivity contribution in [3.63, 3.8) is 0 Å². The summed E-state index contributed by atoms with van der Waals surface area (Å²) < 4.78 is 35.7. The number of rotatable bonds is 2. The lowest BCUT2D eigenvalue weighted by Gasteiger charge is -2.24. The fourth-order valence-electron chi connectivity index (χ4n) is 1.40. The van der Waals surface area contributed by atoms with Crippen molar-refractivity contribution in [3.8, 4) is 0 Å². The number of nitrogens with one attached hydrogen (secondary N) is 1. The standard InChI is InChI=1S/C7H10.C6H10F3N.C2H6/c1-3-5-7-6-4-2;7-6(8,9)5-1-3-10-4-2-5;1-2/h3-7H,1H2,2H3;5,10H,1-4H2;1-2H3/b6-4-,7-5-;;. The molecule has 0 aromatic rings. The first-order valence-electron chi connectivity index (χ1n) is 6.70. The number of alkyl halides is 3. The number of allylic oxidation sites excluding steroid dienone is 5. The van der Waals surface area contributed by atoms with Crippen molar-refractivity contribution in [3.05, 3.63) is 37.0 Å². The Hall–Kier alpha value is -1.03. The lowest BCUT2D eigenvalue weighted by molar-refractivity contribution is -0.180. The summed E-state index contributed by atoms with van der Waals surface area (Å²) >= 11 is 0. The van der Waals surface area contributed by atoms with Crippen molar-refractivity contribution < 1.29 is 13.2 Å². The van der Waals surface area contributed by atoms with E-state index in [0.717, 1.165) is 0 Å². The number of halogens is 3. The van der Waals surface area contributed by atoms with Crippen LogP contribution in [0.5, 0.6) is 0 Å². The van der Waals surface area contributed by atoms with Crippen LogP contribution in [0.3, 0.4) is 0 Å². The fourth-order valence-corrected chi connectivity index (χ4v) is 1.40. The van der Waals surface area contributed by atoms with Gasteiger partial charge in [-0.2, -0.15) is 13.2 Å². The van der Waals surface area contributed by atoms with E-state index in [1.807, 2.05) is 45.1 Å². The van der Waals surface area contributed by atoms with Gasteiger partial charge in [0.25, 0.3) is 0 Å². The molecule has 0 unspecified atom stereocenters. The summed E-state index contributed by atoms with van der Waals surface area (Å²) in [5.74, 6) is -1.06. The van der Waals surface area contributed by atoms with Gasteiger partial charge < -0.3 is 5.32 Å². The molecule has 0 amide bonds. The third-order valence-corrected chi connectivity index (χ3v) is 2.35. The Morgan fingerprint density at radius 1 is 1.05 bits per heavy atom. The van der Waals surface area contributed by atoms with Crippen LogP contribution in [0, 0.1) is 5.92 Å². The molecule has 0 aliphatic carbocycles. The van der Waals surface area contributed by atoms with Crippen LogP contribution < -0.4 is 5.32 Å². The van der Waals surface area contributed by atoms with Crippen LogP contribution in [0.15, 0.2) is 37.0 Å². The second kappa shape index (κ2) is 13.4. The van der Waals surface area contributed by atoms with E-state index in [4.69, 9.17) is 0 Å². The topological polar surface area (TPSA) is 12.0 Å². The van der Waals surface area contributed by atoms with Gasteiger partial charge in [0.1, 0.15) is 0 Å². The van der Waals surface area contributed by atoms with Gasteiger partial charge in [-0.3, -0.25) is 0 Å². The Balaban J connectivity index is 0. The van der Waals surface area contributed by atoms with Crippen LogP contribution >= 0.6 is 0 Å². The quantitative estimate of drug-likeness (QED) is 0.709. The van der Waals surface area contributed by atoms with Crippen LogP contribution in [0.1, 0.15) is 33.6 Å². The summed E-state index contributed by atoms with van der Waals surface area (Å²) in [6.45, 7) is 10.5. The van der Waals surface area contributed by atoms with Gasteiger partial charge in [-0.15, -0.1) is 0 Å². The van der Waals surface area contributed by atoms with Crippen LogP contribution in [0.4, 0.5) is 13.2 Å². The molecule has 19 heavy (non-hydrogen) atoms. The van der Waals surface area contributed by atoms with Crippen LogP contribution in [0.2, 0.25) is 0 Å². The molecule has 0 spiro atoms. The molecule has 1 aliphatic heterocycles. The van der Waals surface area contributed by atoms with E-state index in [9.17, 15) is 13.2 Å². The van der Waals surface area contributed by atoms with Gasteiger partial charge >= 0.3 is 6.18 Å². The summed E-state index contributed by atoms with van der Waals surface area (Å²) in [5.41, 5.74) is 0. The molecule has 4 heteroatoms. The predicted octanol–water partition coefficient (Wildman–Crippen LogP) is 4.88. The Bertz CT molecular complexity index is 249. The molecule has 1 nitrogen and oxygen atoms in total. The first kappa shape index (κ1) is 20.3. The smallest absolute Gasteiger partial charge is 0.317 e. The SMILES string of the molecule is C=C/C=C\C=C/C.CC.FC(F)(F)C1CCNCC1. The van der Waals surface area contributed by atoms with E-state index in [0.29, 0.717) is 13.1 Å². The molecular formula is C15H26F3N. The third-order valence-electron chi connectivity index (χ3n) is 2.35. The zero-order valence-corrected chi connectivity index (χ0v) is 12.1. The third kappa shape index (κ3) is 13.2. The van der Waals surface area contributed by atoms with Crippen molar-refractivity contribution >= 4 is 0 Å². The van der Waals surface area contributed by atoms with Gasteiger partial charge in [-0.1, -0.05) is 50.8 Å². The first-order chi connectivity index (χ1) is 9.02. The van der Waals surface area contributed by atoms with Crippen LogP contribution in [0.25, 0.3) is 0 Å². The van der Waals surface area contributed by atoms with Crippen molar-refractivity contribution in [2.45, 2.75) is 39.8 Å². The number of hydrogen-bond donors (Lipinski definition) is 1. The van der Waals surface area contributed by atoms with E-state index < -0.39 is 12.1 Å². The van der Waals surface area contributed by atoms with Gasteiger partial charge in [-0.05, 0) is 32.9 Å².